The summed E-state index contributed by atoms with van der Waals surface area (Å²) >= 11 is 0. The van der Waals surface area contributed by atoms with Crippen LogP contribution in [-0.4, -0.2) is 24.1 Å². The SMILES string of the molecule is NC1CCN(c2ccnc(F)c2)CC1. The molecule has 0 aliphatic carbocycles. The highest BCUT2D eigenvalue weighted by molar-refractivity contribution is 5.45. The minimum absolute atomic E-state index is 0.304. The lowest BCUT2D eigenvalue weighted by Gasteiger charge is -2.31. The van der Waals surface area contributed by atoms with Crippen LogP contribution in [-0.2, 0) is 0 Å². The Morgan fingerprint density at radius 2 is 2.14 bits per heavy atom. The molecule has 2 heterocycles. The first-order valence-corrected chi connectivity index (χ1v) is 4.88. The number of anilines is 1. The van der Waals surface area contributed by atoms with E-state index in [0.29, 0.717) is 6.04 Å². The molecule has 76 valence electrons. The number of aromatic nitrogens is 1. The maximum atomic E-state index is 12.8. The summed E-state index contributed by atoms with van der Waals surface area (Å²) in [6, 6.07) is 3.61. The number of piperidine rings is 1. The molecule has 1 aliphatic heterocycles. The van der Waals surface area contributed by atoms with Gasteiger partial charge in [0.2, 0.25) is 5.95 Å². The van der Waals surface area contributed by atoms with Gasteiger partial charge in [-0.15, -0.1) is 0 Å². The molecule has 0 spiro atoms. The monoisotopic (exact) mass is 195 g/mol. The number of nitrogens with zero attached hydrogens (tertiary/aromatic N) is 2. The van der Waals surface area contributed by atoms with Crippen LogP contribution in [0.2, 0.25) is 0 Å². The summed E-state index contributed by atoms with van der Waals surface area (Å²) in [6.07, 6.45) is 3.45. The second-order valence-corrected chi connectivity index (χ2v) is 3.66. The summed E-state index contributed by atoms with van der Waals surface area (Å²) in [6.45, 7) is 1.81. The Morgan fingerprint density at radius 1 is 1.43 bits per heavy atom. The fourth-order valence-corrected chi connectivity index (χ4v) is 1.75. The molecule has 2 rings (SSSR count). The summed E-state index contributed by atoms with van der Waals surface area (Å²) < 4.78 is 12.8. The van der Waals surface area contributed by atoms with Crippen molar-refractivity contribution in [2.24, 2.45) is 5.73 Å². The maximum absolute atomic E-state index is 12.8. The van der Waals surface area contributed by atoms with E-state index in [1.54, 1.807) is 0 Å². The van der Waals surface area contributed by atoms with Crippen molar-refractivity contribution in [3.05, 3.63) is 24.3 Å². The van der Waals surface area contributed by atoms with E-state index in [0.717, 1.165) is 31.6 Å². The molecule has 1 fully saturated rings. The van der Waals surface area contributed by atoms with Gasteiger partial charge in [-0.3, -0.25) is 0 Å². The average Bonchev–Trinajstić information content (AvgIpc) is 2.19. The zero-order valence-electron chi connectivity index (χ0n) is 7.99. The third-order valence-corrected chi connectivity index (χ3v) is 2.61. The van der Waals surface area contributed by atoms with Gasteiger partial charge in [0.25, 0.3) is 0 Å². The Kier molecular flexibility index (Phi) is 2.63. The fraction of sp³-hybridized carbons (Fsp3) is 0.500. The van der Waals surface area contributed by atoms with Crippen LogP contribution < -0.4 is 10.6 Å². The van der Waals surface area contributed by atoms with Gasteiger partial charge in [0.1, 0.15) is 0 Å². The number of rotatable bonds is 1. The van der Waals surface area contributed by atoms with Gasteiger partial charge in [-0.1, -0.05) is 0 Å². The molecule has 14 heavy (non-hydrogen) atoms. The van der Waals surface area contributed by atoms with Crippen molar-refractivity contribution in [3.63, 3.8) is 0 Å². The van der Waals surface area contributed by atoms with Crippen LogP contribution >= 0.6 is 0 Å². The largest absolute Gasteiger partial charge is 0.371 e. The van der Waals surface area contributed by atoms with Crippen LogP contribution in [0.25, 0.3) is 0 Å². The van der Waals surface area contributed by atoms with Crippen LogP contribution in [0.1, 0.15) is 12.8 Å². The Hall–Kier alpha value is -1.16. The van der Waals surface area contributed by atoms with Gasteiger partial charge in [-0.2, -0.15) is 4.39 Å². The van der Waals surface area contributed by atoms with E-state index in [4.69, 9.17) is 5.73 Å². The van der Waals surface area contributed by atoms with Crippen LogP contribution in [0.5, 0.6) is 0 Å². The van der Waals surface area contributed by atoms with Crippen molar-refractivity contribution in [2.75, 3.05) is 18.0 Å². The quantitative estimate of drug-likeness (QED) is 0.683. The van der Waals surface area contributed by atoms with Gasteiger partial charge in [0.05, 0.1) is 0 Å². The topological polar surface area (TPSA) is 42.1 Å². The number of halogens is 1. The average molecular weight is 195 g/mol. The molecule has 4 heteroatoms. The van der Waals surface area contributed by atoms with Crippen molar-refractivity contribution < 1.29 is 4.39 Å². The predicted octanol–water partition coefficient (Wildman–Crippen LogP) is 1.15. The molecule has 3 nitrogen and oxygen atoms in total. The summed E-state index contributed by atoms with van der Waals surface area (Å²) in [5.74, 6) is -0.419. The zero-order valence-corrected chi connectivity index (χ0v) is 7.99. The third kappa shape index (κ3) is 2.01. The number of hydrogen-bond acceptors (Lipinski definition) is 3. The molecule has 1 saturated heterocycles. The Morgan fingerprint density at radius 3 is 2.79 bits per heavy atom. The van der Waals surface area contributed by atoms with Crippen molar-refractivity contribution in [1.82, 2.24) is 4.98 Å². The van der Waals surface area contributed by atoms with Crippen molar-refractivity contribution in [1.29, 1.82) is 0 Å². The van der Waals surface area contributed by atoms with Gasteiger partial charge in [-0.05, 0) is 18.9 Å². The predicted molar refractivity (Wildman–Crippen MR) is 53.6 cm³/mol. The van der Waals surface area contributed by atoms with E-state index in [1.165, 1.54) is 12.3 Å². The third-order valence-electron chi connectivity index (χ3n) is 2.61. The zero-order chi connectivity index (χ0) is 9.97. The van der Waals surface area contributed by atoms with Gasteiger partial charge < -0.3 is 10.6 Å². The highest BCUT2D eigenvalue weighted by Gasteiger charge is 2.16. The second-order valence-electron chi connectivity index (χ2n) is 3.66. The number of hydrogen-bond donors (Lipinski definition) is 1. The van der Waals surface area contributed by atoms with E-state index in [2.05, 4.69) is 9.88 Å². The molecule has 0 saturated carbocycles. The first kappa shape index (κ1) is 9.40. The minimum atomic E-state index is -0.419. The van der Waals surface area contributed by atoms with Gasteiger partial charge in [0.15, 0.2) is 0 Å². The van der Waals surface area contributed by atoms with Crippen LogP contribution in [0.15, 0.2) is 18.3 Å². The van der Waals surface area contributed by atoms with E-state index in [9.17, 15) is 4.39 Å². The molecular weight excluding hydrogens is 181 g/mol. The lowest BCUT2D eigenvalue weighted by Crippen LogP contribution is -2.39. The summed E-state index contributed by atoms with van der Waals surface area (Å²) in [7, 11) is 0. The van der Waals surface area contributed by atoms with Crippen molar-refractivity contribution >= 4 is 5.69 Å². The highest BCUT2D eigenvalue weighted by Crippen LogP contribution is 2.18. The van der Waals surface area contributed by atoms with Crippen molar-refractivity contribution in [3.8, 4) is 0 Å². The lowest BCUT2D eigenvalue weighted by molar-refractivity contribution is 0.499. The van der Waals surface area contributed by atoms with Crippen LogP contribution in [0.4, 0.5) is 10.1 Å². The minimum Gasteiger partial charge on any atom is -0.371 e. The van der Waals surface area contributed by atoms with Crippen LogP contribution in [0.3, 0.4) is 0 Å². The molecular formula is C10H14FN3. The molecule has 0 aromatic carbocycles. The number of pyridine rings is 1. The smallest absolute Gasteiger partial charge is 0.214 e. The van der Waals surface area contributed by atoms with E-state index < -0.39 is 5.95 Å². The molecule has 2 N–H and O–H groups in total. The lowest BCUT2D eigenvalue weighted by atomic mass is 10.1. The van der Waals surface area contributed by atoms with Gasteiger partial charge >= 0.3 is 0 Å². The number of nitrogens with two attached hydrogens (primary N) is 1. The van der Waals surface area contributed by atoms with Gasteiger partial charge in [0, 0.05) is 37.1 Å². The Bertz CT molecular complexity index is 308. The molecule has 0 amide bonds. The summed E-state index contributed by atoms with van der Waals surface area (Å²) in [4.78, 5) is 5.68. The molecule has 0 bridgehead atoms. The Labute approximate surface area is 82.7 Å². The van der Waals surface area contributed by atoms with E-state index in [-0.39, 0.29) is 0 Å². The maximum Gasteiger partial charge on any atom is 0.214 e. The van der Waals surface area contributed by atoms with E-state index >= 15 is 0 Å². The summed E-state index contributed by atoms with van der Waals surface area (Å²) in [5, 5.41) is 0. The van der Waals surface area contributed by atoms with E-state index in [1.807, 2.05) is 6.07 Å². The molecule has 0 atom stereocenters. The summed E-state index contributed by atoms with van der Waals surface area (Å²) in [5.41, 5.74) is 6.70. The molecule has 0 radical (unpaired) electrons. The Balaban J connectivity index is 2.08. The second kappa shape index (κ2) is 3.92. The molecule has 1 aromatic heterocycles. The molecule has 0 unspecified atom stereocenters. The molecule has 1 aromatic rings. The standard InChI is InChI=1S/C10H14FN3/c11-10-7-9(1-4-13-10)14-5-2-8(12)3-6-14/h1,4,7-8H,2-3,5-6,12H2. The van der Waals surface area contributed by atoms with Crippen LogP contribution in [0, 0.1) is 5.95 Å². The normalized spacial score (nSPS) is 18.6. The fourth-order valence-electron chi connectivity index (χ4n) is 1.75. The van der Waals surface area contributed by atoms with Crippen molar-refractivity contribution in [2.45, 2.75) is 18.9 Å². The molecule has 1 aliphatic rings. The first-order valence-electron chi connectivity index (χ1n) is 4.88. The van der Waals surface area contributed by atoms with Gasteiger partial charge in [-0.25, -0.2) is 4.98 Å². The highest BCUT2D eigenvalue weighted by atomic mass is 19.1. The first-order chi connectivity index (χ1) is 6.75.